The molecule has 1 aliphatic rings. The van der Waals surface area contributed by atoms with Crippen molar-refractivity contribution in [2.45, 2.75) is 44.2 Å². The van der Waals surface area contributed by atoms with E-state index in [1.54, 1.807) is 0 Å². The molecule has 8 heteroatoms. The quantitative estimate of drug-likeness (QED) is 0.450. The van der Waals surface area contributed by atoms with E-state index in [1.165, 1.54) is 0 Å². The number of ether oxygens (including phenoxy) is 1. The molecule has 2 aromatic rings. The normalized spacial score (nSPS) is 14.1. The van der Waals surface area contributed by atoms with Crippen LogP contribution in [0.25, 0.3) is 11.1 Å². The van der Waals surface area contributed by atoms with Crippen molar-refractivity contribution in [1.29, 1.82) is 0 Å². The highest BCUT2D eigenvalue weighted by molar-refractivity contribution is 5.83. The molecule has 0 aromatic heterocycles. The Hall–Kier alpha value is -3.39. The van der Waals surface area contributed by atoms with E-state index in [4.69, 9.17) is 14.9 Å². The Kier molecular flexibility index (Phi) is 7.83. The molecular formula is C24H28N2O6. The highest BCUT2D eigenvalue weighted by atomic mass is 16.5. The number of rotatable bonds is 10. The zero-order chi connectivity index (χ0) is 23.1. The van der Waals surface area contributed by atoms with Crippen LogP contribution in [0.5, 0.6) is 0 Å². The Bertz CT molecular complexity index is 931. The summed E-state index contributed by atoms with van der Waals surface area (Å²) in [5.41, 5.74) is 4.61. The fourth-order valence-corrected chi connectivity index (χ4v) is 3.93. The van der Waals surface area contributed by atoms with Gasteiger partial charge in [0.05, 0.1) is 6.61 Å². The number of carbonyl (C=O) groups excluding carboxylic acids is 2. The summed E-state index contributed by atoms with van der Waals surface area (Å²) in [7, 11) is 0. The molecule has 0 radical (unpaired) electrons. The Labute approximate surface area is 186 Å². The van der Waals surface area contributed by atoms with Gasteiger partial charge in [-0.05, 0) is 42.0 Å². The lowest BCUT2D eigenvalue weighted by molar-refractivity contribution is -0.142. The van der Waals surface area contributed by atoms with Crippen molar-refractivity contribution in [2.24, 2.45) is 0 Å². The summed E-state index contributed by atoms with van der Waals surface area (Å²) < 4.78 is 5.51. The maximum Gasteiger partial charge on any atom is 0.407 e. The predicted octanol–water partition coefficient (Wildman–Crippen LogP) is 2.65. The molecule has 1 aliphatic carbocycles. The van der Waals surface area contributed by atoms with Gasteiger partial charge in [-0.15, -0.1) is 0 Å². The first-order valence-electron chi connectivity index (χ1n) is 10.6. The van der Waals surface area contributed by atoms with Crippen molar-refractivity contribution in [2.75, 3.05) is 13.2 Å². The minimum Gasteiger partial charge on any atom is -0.480 e. The van der Waals surface area contributed by atoms with Gasteiger partial charge in [0.25, 0.3) is 0 Å². The van der Waals surface area contributed by atoms with Crippen molar-refractivity contribution < 1.29 is 29.3 Å². The SMILES string of the molecule is CC(CCCC(=O)N[C@@H](CO)C(=O)O)NC(=O)OCC1c2ccccc2-c2ccccc21. The number of fused-ring (bicyclic) bond motifs is 3. The molecule has 2 atom stereocenters. The van der Waals surface area contributed by atoms with Crippen LogP contribution < -0.4 is 10.6 Å². The maximum absolute atomic E-state index is 12.3. The van der Waals surface area contributed by atoms with Crippen LogP contribution in [0.4, 0.5) is 4.79 Å². The summed E-state index contributed by atoms with van der Waals surface area (Å²) in [6, 6.07) is 14.7. The number of alkyl carbamates (subject to hydrolysis) is 1. The molecule has 32 heavy (non-hydrogen) atoms. The molecule has 3 rings (SSSR count). The lowest BCUT2D eigenvalue weighted by Crippen LogP contribution is -2.43. The minimum absolute atomic E-state index is 0.0131. The number of amides is 2. The first-order chi connectivity index (χ1) is 15.4. The van der Waals surface area contributed by atoms with E-state index >= 15 is 0 Å². The van der Waals surface area contributed by atoms with Gasteiger partial charge < -0.3 is 25.6 Å². The number of aliphatic carboxylic acids is 1. The van der Waals surface area contributed by atoms with E-state index in [0.29, 0.717) is 12.8 Å². The summed E-state index contributed by atoms with van der Waals surface area (Å²) in [4.78, 5) is 34.9. The van der Waals surface area contributed by atoms with Crippen molar-refractivity contribution in [3.8, 4) is 11.1 Å². The van der Waals surface area contributed by atoms with Crippen LogP contribution in [0.15, 0.2) is 48.5 Å². The first kappa shape index (κ1) is 23.3. The molecule has 2 aromatic carbocycles. The second-order valence-electron chi connectivity index (χ2n) is 7.90. The highest BCUT2D eigenvalue weighted by Crippen LogP contribution is 2.44. The zero-order valence-electron chi connectivity index (χ0n) is 17.9. The second-order valence-corrected chi connectivity index (χ2v) is 7.90. The van der Waals surface area contributed by atoms with Gasteiger partial charge in [0.1, 0.15) is 12.6 Å². The molecule has 0 saturated heterocycles. The number of carbonyl (C=O) groups is 3. The Morgan fingerprint density at radius 1 is 1.00 bits per heavy atom. The van der Waals surface area contributed by atoms with Crippen LogP contribution >= 0.6 is 0 Å². The molecular weight excluding hydrogens is 412 g/mol. The molecule has 8 nitrogen and oxygen atoms in total. The van der Waals surface area contributed by atoms with Crippen molar-refractivity contribution in [3.05, 3.63) is 59.7 Å². The molecule has 170 valence electrons. The number of aliphatic hydroxyl groups is 1. The van der Waals surface area contributed by atoms with E-state index in [2.05, 4.69) is 34.9 Å². The number of nitrogens with one attached hydrogen (secondary N) is 2. The number of hydrogen-bond acceptors (Lipinski definition) is 5. The fourth-order valence-electron chi connectivity index (χ4n) is 3.93. The third kappa shape index (κ3) is 5.64. The Balaban J connectivity index is 1.43. The van der Waals surface area contributed by atoms with E-state index < -0.39 is 30.6 Å². The molecule has 1 unspecified atom stereocenters. The van der Waals surface area contributed by atoms with Gasteiger partial charge in [-0.2, -0.15) is 0 Å². The lowest BCUT2D eigenvalue weighted by atomic mass is 9.98. The van der Waals surface area contributed by atoms with Gasteiger partial charge in [-0.25, -0.2) is 9.59 Å². The number of hydrogen-bond donors (Lipinski definition) is 4. The highest BCUT2D eigenvalue weighted by Gasteiger charge is 2.29. The van der Waals surface area contributed by atoms with Crippen LogP contribution in [0.2, 0.25) is 0 Å². The third-order valence-electron chi connectivity index (χ3n) is 5.56. The largest absolute Gasteiger partial charge is 0.480 e. The molecule has 0 heterocycles. The monoisotopic (exact) mass is 440 g/mol. The average molecular weight is 440 g/mol. The molecule has 0 bridgehead atoms. The maximum atomic E-state index is 12.3. The second kappa shape index (κ2) is 10.8. The third-order valence-corrected chi connectivity index (χ3v) is 5.56. The van der Waals surface area contributed by atoms with Gasteiger partial charge in [0.15, 0.2) is 0 Å². The number of carboxylic acid groups (broad SMARTS) is 1. The van der Waals surface area contributed by atoms with E-state index in [9.17, 15) is 14.4 Å². The van der Waals surface area contributed by atoms with E-state index in [0.717, 1.165) is 22.3 Å². The molecule has 0 saturated carbocycles. The fraction of sp³-hybridized carbons (Fsp3) is 0.375. The zero-order valence-corrected chi connectivity index (χ0v) is 17.9. The summed E-state index contributed by atoms with van der Waals surface area (Å²) in [6.07, 6.45) is 0.554. The average Bonchev–Trinajstić information content (AvgIpc) is 3.09. The van der Waals surface area contributed by atoms with Crippen LogP contribution in [-0.4, -0.2) is 53.5 Å². The van der Waals surface area contributed by atoms with Crippen molar-refractivity contribution >= 4 is 18.0 Å². The summed E-state index contributed by atoms with van der Waals surface area (Å²) >= 11 is 0. The standard InChI is InChI=1S/C24H28N2O6/c1-15(7-6-12-22(28)26-21(13-27)23(29)30)25-24(31)32-14-20-18-10-4-2-8-16(18)17-9-3-5-11-19(17)20/h2-5,8-11,15,20-21,27H,6-7,12-14H2,1H3,(H,25,31)(H,26,28)(H,29,30)/t15?,21-/m0/s1. The lowest BCUT2D eigenvalue weighted by Gasteiger charge is -2.17. The van der Waals surface area contributed by atoms with Crippen LogP contribution in [0.3, 0.4) is 0 Å². The molecule has 4 N–H and O–H groups in total. The van der Waals surface area contributed by atoms with Gasteiger partial charge in [0, 0.05) is 18.4 Å². The van der Waals surface area contributed by atoms with Crippen LogP contribution in [0.1, 0.15) is 43.2 Å². The van der Waals surface area contributed by atoms with E-state index in [-0.39, 0.29) is 25.0 Å². The smallest absolute Gasteiger partial charge is 0.407 e. The van der Waals surface area contributed by atoms with Gasteiger partial charge in [0.2, 0.25) is 5.91 Å². The first-order valence-corrected chi connectivity index (χ1v) is 10.6. The molecule has 0 aliphatic heterocycles. The number of carboxylic acids is 1. The van der Waals surface area contributed by atoms with Gasteiger partial charge >= 0.3 is 12.1 Å². The number of benzene rings is 2. The Morgan fingerprint density at radius 3 is 2.16 bits per heavy atom. The molecule has 0 spiro atoms. The van der Waals surface area contributed by atoms with E-state index in [1.807, 2.05) is 31.2 Å². The Morgan fingerprint density at radius 2 is 1.59 bits per heavy atom. The van der Waals surface area contributed by atoms with Crippen LogP contribution in [0, 0.1) is 0 Å². The summed E-state index contributed by atoms with van der Waals surface area (Å²) in [5.74, 6) is -1.76. The molecule has 2 amide bonds. The summed E-state index contributed by atoms with van der Waals surface area (Å²) in [6.45, 7) is 1.38. The topological polar surface area (TPSA) is 125 Å². The molecule has 0 fully saturated rings. The minimum atomic E-state index is -1.31. The number of aliphatic hydroxyl groups excluding tert-OH is 1. The van der Waals surface area contributed by atoms with Crippen molar-refractivity contribution in [3.63, 3.8) is 0 Å². The van der Waals surface area contributed by atoms with Gasteiger partial charge in [-0.1, -0.05) is 48.5 Å². The van der Waals surface area contributed by atoms with Crippen molar-refractivity contribution in [1.82, 2.24) is 10.6 Å². The van der Waals surface area contributed by atoms with Crippen LogP contribution in [-0.2, 0) is 14.3 Å². The predicted molar refractivity (Wildman–Crippen MR) is 118 cm³/mol. The summed E-state index contributed by atoms with van der Waals surface area (Å²) in [5, 5.41) is 22.8. The van der Waals surface area contributed by atoms with Gasteiger partial charge in [-0.3, -0.25) is 4.79 Å².